The molecule has 6 atom stereocenters. The van der Waals surface area contributed by atoms with Crippen molar-refractivity contribution >= 4 is 15.9 Å². The first kappa shape index (κ1) is 44.0. The van der Waals surface area contributed by atoms with Gasteiger partial charge >= 0.3 is 10.1 Å². The molecule has 0 unspecified atom stereocenters. The van der Waals surface area contributed by atoms with Gasteiger partial charge in [0.15, 0.2) is 0 Å². The fraction of sp³-hybridized carbons (Fsp3) is 0.490. The maximum absolute atomic E-state index is 14.4. The molecule has 4 aromatic carbocycles. The average Bonchev–Trinajstić information content (AvgIpc) is 3.60. The lowest BCUT2D eigenvalue weighted by Gasteiger charge is -2.36. The molecule has 4 aromatic rings. The van der Waals surface area contributed by atoms with E-state index in [2.05, 4.69) is 39.0 Å². The molecule has 328 valence electrons. The quantitative estimate of drug-likeness (QED) is 0.134. The van der Waals surface area contributed by atoms with Crippen LogP contribution in [0.3, 0.4) is 0 Å². The molecular formula is C49H60O11S. The summed E-state index contributed by atoms with van der Waals surface area (Å²) in [4.78, 5) is 13.5. The Morgan fingerprint density at radius 3 is 1.02 bits per heavy atom. The first-order valence-electron chi connectivity index (χ1n) is 20.9. The summed E-state index contributed by atoms with van der Waals surface area (Å²) in [6.07, 6.45) is 1.72. The van der Waals surface area contributed by atoms with Crippen LogP contribution in [0.25, 0.3) is 0 Å². The van der Waals surface area contributed by atoms with Gasteiger partial charge in [-0.3, -0.25) is 4.79 Å². The fourth-order valence-electron chi connectivity index (χ4n) is 10.6. The largest absolute Gasteiger partial charge is 0.496 e. The van der Waals surface area contributed by atoms with Crippen LogP contribution in [0.5, 0.6) is 46.0 Å². The van der Waals surface area contributed by atoms with Gasteiger partial charge in [-0.1, -0.05) is 41.5 Å². The number of fused-ring (bicyclic) bond motifs is 10. The molecule has 0 aromatic heterocycles. The number of methoxy groups -OCH3 is 7. The number of benzene rings is 4. The number of ether oxygens (including phenoxy) is 7. The van der Waals surface area contributed by atoms with E-state index in [0.717, 1.165) is 45.4 Å². The van der Waals surface area contributed by atoms with Crippen molar-refractivity contribution in [2.45, 2.75) is 84.5 Å². The second kappa shape index (κ2) is 16.3. The highest BCUT2D eigenvalue weighted by molar-refractivity contribution is 7.87. The zero-order valence-electron chi connectivity index (χ0n) is 37.7. The third kappa shape index (κ3) is 7.12. The topological polar surface area (TPSA) is 125 Å². The Kier molecular flexibility index (Phi) is 11.8. The molecule has 0 radical (unpaired) electrons. The summed E-state index contributed by atoms with van der Waals surface area (Å²) in [7, 11) is 7.03. The lowest BCUT2D eigenvalue weighted by atomic mass is 9.70. The van der Waals surface area contributed by atoms with Crippen LogP contribution in [0.15, 0.2) is 48.5 Å². The summed E-state index contributed by atoms with van der Waals surface area (Å²) in [5, 5.41) is 0. The third-order valence-corrected chi connectivity index (χ3v) is 15.9. The van der Waals surface area contributed by atoms with E-state index in [-0.39, 0.29) is 35.2 Å². The van der Waals surface area contributed by atoms with Crippen LogP contribution in [0.4, 0.5) is 0 Å². The van der Waals surface area contributed by atoms with Gasteiger partial charge in [0.05, 0.1) is 60.9 Å². The van der Waals surface area contributed by atoms with Gasteiger partial charge in [0.2, 0.25) is 0 Å². The Hall–Kier alpha value is -5.10. The SMILES string of the molecule is COc1cc(OC)c2cc1[C@H](C)c1cc(c(OC)cc1OC)[C@H](C)c1cc(c(OS(=O)(=O)C[C@]34CC[C@H](CC3=O)C4(C)C)cc1OC)[C@H](C)c1cc(c(OC)cc1OC)[C@@H]2C. The molecule has 3 aliphatic rings. The Bertz CT molecular complexity index is 2470. The van der Waals surface area contributed by atoms with Crippen molar-refractivity contribution in [3.63, 3.8) is 0 Å². The van der Waals surface area contributed by atoms with Gasteiger partial charge < -0.3 is 37.3 Å². The van der Waals surface area contributed by atoms with Gasteiger partial charge in [-0.25, -0.2) is 0 Å². The van der Waals surface area contributed by atoms with E-state index < -0.39 is 32.6 Å². The van der Waals surface area contributed by atoms with Gasteiger partial charge in [0.25, 0.3) is 0 Å². The molecule has 0 amide bonds. The highest BCUT2D eigenvalue weighted by Crippen LogP contribution is 2.64. The summed E-state index contributed by atoms with van der Waals surface area (Å²) in [5.41, 5.74) is 5.11. The Balaban J connectivity index is 1.52. The minimum atomic E-state index is -4.32. The van der Waals surface area contributed by atoms with Crippen LogP contribution in [0.2, 0.25) is 0 Å². The van der Waals surface area contributed by atoms with Gasteiger partial charge in [-0.2, -0.15) is 8.42 Å². The highest BCUT2D eigenvalue weighted by atomic mass is 32.2. The Morgan fingerprint density at radius 2 is 0.770 bits per heavy atom. The number of ketones is 1. The van der Waals surface area contributed by atoms with Crippen LogP contribution in [-0.2, 0) is 14.9 Å². The number of carbonyl (C=O) groups is 1. The second-order valence-electron chi connectivity index (χ2n) is 17.5. The third-order valence-electron chi connectivity index (χ3n) is 14.6. The summed E-state index contributed by atoms with van der Waals surface area (Å²) in [6, 6.07) is 15.6. The van der Waals surface area contributed by atoms with E-state index >= 15 is 0 Å². The zero-order chi connectivity index (χ0) is 44.3. The maximum atomic E-state index is 14.4. The molecule has 0 saturated heterocycles. The van der Waals surface area contributed by atoms with Crippen LogP contribution in [-0.4, -0.2) is 69.7 Å². The molecular weight excluding hydrogens is 797 g/mol. The molecule has 2 fully saturated rings. The van der Waals surface area contributed by atoms with Crippen molar-refractivity contribution in [3.05, 3.63) is 93.0 Å². The summed E-state index contributed by atoms with van der Waals surface area (Å²) in [6.45, 7) is 12.3. The van der Waals surface area contributed by atoms with E-state index in [0.29, 0.717) is 58.7 Å². The van der Waals surface area contributed by atoms with E-state index in [1.54, 1.807) is 55.8 Å². The maximum Gasteiger partial charge on any atom is 0.310 e. The first-order chi connectivity index (χ1) is 28.9. The van der Waals surface area contributed by atoms with Crippen LogP contribution in [0.1, 0.15) is 129 Å². The first-order valence-corrected chi connectivity index (χ1v) is 22.5. The van der Waals surface area contributed by atoms with Crippen molar-refractivity contribution in [1.82, 2.24) is 0 Å². The molecule has 0 heterocycles. The molecule has 61 heavy (non-hydrogen) atoms. The number of rotatable bonds is 11. The molecule has 11 nitrogen and oxygen atoms in total. The van der Waals surface area contributed by atoms with Crippen molar-refractivity contribution < 1.29 is 50.6 Å². The predicted octanol–water partition coefficient (Wildman–Crippen LogP) is 9.77. The lowest BCUT2D eigenvalue weighted by molar-refractivity contribution is -0.128. The van der Waals surface area contributed by atoms with Gasteiger partial charge in [-0.15, -0.1) is 0 Å². The van der Waals surface area contributed by atoms with E-state index in [4.69, 9.17) is 37.3 Å². The number of Topliss-reactive ketones (excluding diaryl/α,β-unsaturated/α-hetero) is 1. The zero-order valence-corrected chi connectivity index (χ0v) is 38.5. The van der Waals surface area contributed by atoms with Crippen molar-refractivity contribution in [3.8, 4) is 46.0 Å². The number of hydrogen-bond donors (Lipinski definition) is 0. The average molecular weight is 857 g/mol. The van der Waals surface area contributed by atoms with Crippen molar-refractivity contribution in [1.29, 1.82) is 0 Å². The van der Waals surface area contributed by atoms with Crippen LogP contribution < -0.4 is 37.3 Å². The highest BCUT2D eigenvalue weighted by Gasteiger charge is 2.65. The standard InChI is InChI=1S/C49H60O11S/c1-26-31-17-32(40(54-8)21-39(31)53-7)27(2)35-19-36(44(58-12)23-43(35)57-11)29(4)38-20-37(28(3)34-18-33(26)41(55-9)22-42(34)56-10)45(59-13)24-46(38)60-61(51,52)25-49-15-14-30(16-47(49)50)48(49,5)6/h17-24,26-30H,14-16,25H2,1-13H3/t26-,27+,28-,29+,30+,49+/m0/s1. The van der Waals surface area contributed by atoms with Crippen molar-refractivity contribution in [2.75, 3.05) is 55.5 Å². The number of carbonyl (C=O) groups excluding carboxylic acids is 1. The summed E-state index contributed by atoms with van der Waals surface area (Å²) in [5.74, 6) is 2.64. The molecule has 0 aliphatic heterocycles. The van der Waals surface area contributed by atoms with E-state index in [9.17, 15) is 13.2 Å². The summed E-state index contributed by atoms with van der Waals surface area (Å²) >= 11 is 0. The molecule has 3 aliphatic carbocycles. The second-order valence-corrected chi connectivity index (χ2v) is 19.0. The smallest absolute Gasteiger partial charge is 0.310 e. The van der Waals surface area contributed by atoms with Crippen molar-refractivity contribution in [2.24, 2.45) is 16.7 Å². The molecule has 0 N–H and O–H groups in total. The fourth-order valence-corrected chi connectivity index (χ4v) is 12.4. The molecule has 2 saturated carbocycles. The van der Waals surface area contributed by atoms with Gasteiger partial charge in [-0.05, 0) is 48.4 Å². The number of hydrogen-bond acceptors (Lipinski definition) is 11. The summed E-state index contributed by atoms with van der Waals surface area (Å²) < 4.78 is 77.4. The molecule has 0 spiro atoms. The molecule has 10 bridgehead atoms. The monoisotopic (exact) mass is 856 g/mol. The predicted molar refractivity (Wildman–Crippen MR) is 235 cm³/mol. The Morgan fingerprint density at radius 1 is 0.492 bits per heavy atom. The van der Waals surface area contributed by atoms with E-state index in [1.165, 1.54) is 0 Å². The van der Waals surface area contributed by atoms with Gasteiger partial charge in [0.1, 0.15) is 51.8 Å². The van der Waals surface area contributed by atoms with E-state index in [1.807, 2.05) is 45.0 Å². The van der Waals surface area contributed by atoms with Gasteiger partial charge in [0, 0.05) is 98.9 Å². The normalized spacial score (nSPS) is 23.9. The molecule has 12 heteroatoms. The minimum Gasteiger partial charge on any atom is -0.496 e. The lowest BCUT2D eigenvalue weighted by Crippen LogP contribution is -2.43. The minimum absolute atomic E-state index is 0.00298. The molecule has 7 rings (SSSR count). The Labute approximate surface area is 361 Å². The van der Waals surface area contributed by atoms with Crippen LogP contribution in [0, 0.1) is 16.7 Å². The van der Waals surface area contributed by atoms with Crippen LogP contribution >= 0.6 is 0 Å².